The van der Waals surface area contributed by atoms with Crippen molar-refractivity contribution in [2.45, 2.75) is 37.9 Å². The Morgan fingerprint density at radius 1 is 0.947 bits per heavy atom. The smallest absolute Gasteiger partial charge is 0.257 e. The molecule has 0 aromatic heterocycles. The van der Waals surface area contributed by atoms with E-state index < -0.39 is 23.7 Å². The van der Waals surface area contributed by atoms with Crippen LogP contribution in [0.2, 0.25) is 0 Å². The highest BCUT2D eigenvalue weighted by molar-refractivity contribution is 6.23. The third kappa shape index (κ3) is 5.20. The number of rotatable bonds is 6. The number of nitrogens with zero attached hydrogens (tertiary/aromatic N) is 4. The molecular weight excluding hydrogens is 483 g/mol. The molecule has 0 saturated carbocycles. The summed E-state index contributed by atoms with van der Waals surface area (Å²) in [6.45, 7) is 2.27. The summed E-state index contributed by atoms with van der Waals surface area (Å²) in [5, 5.41) is 9.08. The van der Waals surface area contributed by atoms with Crippen LogP contribution in [0.5, 0.6) is 0 Å². The fraction of sp³-hybridized carbons (Fsp3) is 0.267. The Morgan fingerprint density at radius 3 is 2.24 bits per heavy atom. The number of halogens is 1. The van der Waals surface area contributed by atoms with Gasteiger partial charge in [0, 0.05) is 31.2 Å². The molecule has 2 fully saturated rings. The molecule has 2 heterocycles. The summed E-state index contributed by atoms with van der Waals surface area (Å²) in [5.74, 6) is -1.72. The number of amides is 3. The van der Waals surface area contributed by atoms with Gasteiger partial charge in [0.1, 0.15) is 11.9 Å². The Labute approximate surface area is 220 Å². The first-order valence-corrected chi connectivity index (χ1v) is 12.7. The fourth-order valence-corrected chi connectivity index (χ4v) is 5.29. The molecule has 3 aromatic carbocycles. The van der Waals surface area contributed by atoms with Gasteiger partial charge in [-0.05, 0) is 66.9 Å². The SMILES string of the molecule is N#Cc1ccc(N2C(=O)CC(N(C(=O)c3ccc(F)cc3)C3CCN(Cc4ccccc4)CC3)C2=O)cc1. The van der Waals surface area contributed by atoms with E-state index >= 15 is 0 Å². The third-order valence-electron chi connectivity index (χ3n) is 7.24. The summed E-state index contributed by atoms with van der Waals surface area (Å²) < 4.78 is 13.6. The zero-order chi connectivity index (χ0) is 26.6. The van der Waals surface area contributed by atoms with Crippen LogP contribution in [0.25, 0.3) is 0 Å². The van der Waals surface area contributed by atoms with Crippen molar-refractivity contribution in [3.63, 3.8) is 0 Å². The summed E-state index contributed by atoms with van der Waals surface area (Å²) in [4.78, 5) is 45.4. The molecule has 1 unspecified atom stereocenters. The number of nitriles is 1. The van der Waals surface area contributed by atoms with Gasteiger partial charge in [0.2, 0.25) is 5.91 Å². The van der Waals surface area contributed by atoms with E-state index in [9.17, 15) is 18.8 Å². The van der Waals surface area contributed by atoms with Crippen molar-refractivity contribution in [1.29, 1.82) is 5.26 Å². The molecule has 2 aliphatic heterocycles. The second-order valence-corrected chi connectivity index (χ2v) is 9.66. The first-order valence-electron chi connectivity index (χ1n) is 12.7. The number of hydrogen-bond donors (Lipinski definition) is 0. The molecule has 0 aliphatic carbocycles. The largest absolute Gasteiger partial charge is 0.323 e. The number of piperidine rings is 1. The van der Waals surface area contributed by atoms with Gasteiger partial charge < -0.3 is 4.90 Å². The first-order chi connectivity index (χ1) is 18.4. The standard InChI is InChI=1S/C30H27FN4O3/c31-24-10-8-23(9-11-24)29(37)34(26-14-16-33(17-15-26)20-22-4-2-1-3-5-22)27-18-28(36)35(30(27)38)25-12-6-21(19-32)7-13-25/h1-13,26-27H,14-18,20H2. The van der Waals surface area contributed by atoms with Crippen molar-refractivity contribution in [3.05, 3.63) is 101 Å². The second kappa shape index (κ2) is 11.0. The molecule has 2 aliphatic rings. The average molecular weight is 511 g/mol. The van der Waals surface area contributed by atoms with Crippen molar-refractivity contribution < 1.29 is 18.8 Å². The quantitative estimate of drug-likeness (QED) is 0.466. The molecule has 8 heteroatoms. The summed E-state index contributed by atoms with van der Waals surface area (Å²) in [6.07, 6.45) is 1.17. The van der Waals surface area contributed by atoms with Crippen LogP contribution >= 0.6 is 0 Å². The monoisotopic (exact) mass is 510 g/mol. The van der Waals surface area contributed by atoms with E-state index in [0.29, 0.717) is 24.1 Å². The summed E-state index contributed by atoms with van der Waals surface area (Å²) in [6, 6.07) is 22.5. The van der Waals surface area contributed by atoms with Crippen molar-refractivity contribution >= 4 is 23.4 Å². The molecule has 38 heavy (non-hydrogen) atoms. The Bertz CT molecular complexity index is 1360. The molecule has 3 aromatic rings. The van der Waals surface area contributed by atoms with Gasteiger partial charge in [0.25, 0.3) is 11.8 Å². The van der Waals surface area contributed by atoms with Crippen LogP contribution in [0.3, 0.4) is 0 Å². The second-order valence-electron chi connectivity index (χ2n) is 9.66. The van der Waals surface area contributed by atoms with Gasteiger partial charge in [-0.25, -0.2) is 9.29 Å². The Balaban J connectivity index is 1.39. The number of hydrogen-bond acceptors (Lipinski definition) is 5. The molecule has 1 atom stereocenters. The van der Waals surface area contributed by atoms with Gasteiger partial charge in [-0.3, -0.25) is 19.3 Å². The van der Waals surface area contributed by atoms with E-state index in [1.807, 2.05) is 24.3 Å². The number of carbonyl (C=O) groups is 3. The lowest BCUT2D eigenvalue weighted by atomic mass is 9.98. The van der Waals surface area contributed by atoms with Crippen molar-refractivity contribution in [2.24, 2.45) is 0 Å². The minimum Gasteiger partial charge on any atom is -0.323 e. The molecule has 5 rings (SSSR count). The molecule has 0 N–H and O–H groups in total. The number of imide groups is 1. The van der Waals surface area contributed by atoms with Crippen molar-refractivity contribution in [3.8, 4) is 6.07 Å². The predicted octanol–water partition coefficient (Wildman–Crippen LogP) is 4.14. The van der Waals surface area contributed by atoms with E-state index in [1.54, 1.807) is 29.2 Å². The van der Waals surface area contributed by atoms with Gasteiger partial charge in [0.05, 0.1) is 23.7 Å². The lowest BCUT2D eigenvalue weighted by molar-refractivity contribution is -0.123. The number of anilines is 1. The van der Waals surface area contributed by atoms with Crippen LogP contribution < -0.4 is 4.90 Å². The topological polar surface area (TPSA) is 84.7 Å². The van der Waals surface area contributed by atoms with Crippen LogP contribution in [0, 0.1) is 17.1 Å². The molecule has 0 spiro atoms. The maximum Gasteiger partial charge on any atom is 0.257 e. The van der Waals surface area contributed by atoms with Crippen LogP contribution in [0.15, 0.2) is 78.9 Å². The lowest BCUT2D eigenvalue weighted by Gasteiger charge is -2.40. The van der Waals surface area contributed by atoms with Gasteiger partial charge in [-0.15, -0.1) is 0 Å². The molecule has 0 radical (unpaired) electrons. The molecule has 2 saturated heterocycles. The zero-order valence-electron chi connectivity index (χ0n) is 20.8. The van der Waals surface area contributed by atoms with E-state index in [1.165, 1.54) is 29.8 Å². The highest BCUT2D eigenvalue weighted by atomic mass is 19.1. The maximum atomic E-state index is 13.8. The van der Waals surface area contributed by atoms with Gasteiger partial charge in [-0.1, -0.05) is 30.3 Å². The van der Waals surface area contributed by atoms with Crippen LogP contribution in [0.1, 0.15) is 40.7 Å². The number of likely N-dealkylation sites (tertiary alicyclic amines) is 1. The average Bonchev–Trinajstić information content (AvgIpc) is 3.23. The number of carbonyl (C=O) groups excluding carboxylic acids is 3. The predicted molar refractivity (Wildman–Crippen MR) is 139 cm³/mol. The normalized spacial score (nSPS) is 18.4. The van der Waals surface area contributed by atoms with E-state index in [-0.39, 0.29) is 23.9 Å². The summed E-state index contributed by atoms with van der Waals surface area (Å²) in [5.41, 5.74) is 2.27. The van der Waals surface area contributed by atoms with Crippen molar-refractivity contribution in [1.82, 2.24) is 9.80 Å². The van der Waals surface area contributed by atoms with Crippen molar-refractivity contribution in [2.75, 3.05) is 18.0 Å². The Morgan fingerprint density at radius 2 is 1.61 bits per heavy atom. The van der Waals surface area contributed by atoms with Gasteiger partial charge >= 0.3 is 0 Å². The van der Waals surface area contributed by atoms with Gasteiger partial charge in [-0.2, -0.15) is 5.26 Å². The molecule has 0 bridgehead atoms. The highest BCUT2D eigenvalue weighted by Gasteiger charge is 2.47. The van der Waals surface area contributed by atoms with Crippen LogP contribution in [-0.2, 0) is 16.1 Å². The molecular formula is C30H27FN4O3. The summed E-state index contributed by atoms with van der Waals surface area (Å²) in [7, 11) is 0. The fourth-order valence-electron chi connectivity index (χ4n) is 5.29. The number of benzene rings is 3. The first kappa shape index (κ1) is 25.3. The highest BCUT2D eigenvalue weighted by Crippen LogP contribution is 2.31. The van der Waals surface area contributed by atoms with E-state index in [0.717, 1.165) is 24.5 Å². The third-order valence-corrected chi connectivity index (χ3v) is 7.24. The lowest BCUT2D eigenvalue weighted by Crippen LogP contribution is -2.54. The zero-order valence-corrected chi connectivity index (χ0v) is 20.8. The van der Waals surface area contributed by atoms with E-state index in [2.05, 4.69) is 17.0 Å². The van der Waals surface area contributed by atoms with Crippen LogP contribution in [0.4, 0.5) is 10.1 Å². The molecule has 192 valence electrons. The minimum atomic E-state index is -0.957. The Hall–Kier alpha value is -4.35. The van der Waals surface area contributed by atoms with E-state index in [4.69, 9.17) is 5.26 Å². The summed E-state index contributed by atoms with van der Waals surface area (Å²) >= 11 is 0. The molecule has 3 amide bonds. The van der Waals surface area contributed by atoms with Crippen LogP contribution in [-0.4, -0.2) is 52.7 Å². The van der Waals surface area contributed by atoms with Gasteiger partial charge in [0.15, 0.2) is 0 Å². The Kier molecular flexibility index (Phi) is 7.29. The minimum absolute atomic E-state index is 0.129. The molecule has 7 nitrogen and oxygen atoms in total. The maximum absolute atomic E-state index is 13.8.